The van der Waals surface area contributed by atoms with E-state index < -0.39 is 28.0 Å². The van der Waals surface area contributed by atoms with E-state index in [1.165, 1.54) is 14.2 Å². The molecule has 0 aromatic rings. The fraction of sp³-hybridized carbons (Fsp3) is 0.800. The molecule has 18 heavy (non-hydrogen) atoms. The van der Waals surface area contributed by atoms with Crippen LogP contribution in [-0.2, 0) is 24.3 Å². The lowest BCUT2D eigenvalue weighted by atomic mass is 10.2. The van der Waals surface area contributed by atoms with Crippen molar-refractivity contribution in [3.63, 3.8) is 0 Å². The lowest BCUT2D eigenvalue weighted by molar-refractivity contribution is -0.142. The van der Waals surface area contributed by atoms with Crippen LogP contribution in [0.2, 0.25) is 0 Å². The molecule has 0 saturated heterocycles. The number of esters is 1. The van der Waals surface area contributed by atoms with Gasteiger partial charge in [-0.05, 0) is 12.8 Å². The van der Waals surface area contributed by atoms with E-state index in [4.69, 9.17) is 5.11 Å². The van der Waals surface area contributed by atoms with Gasteiger partial charge in [0, 0.05) is 13.5 Å². The number of nitrogens with zero attached hydrogens (tertiary/aromatic N) is 1. The zero-order valence-electron chi connectivity index (χ0n) is 10.7. The number of carboxylic acids is 1. The number of carboxylic acid groups (broad SMARTS) is 1. The third-order valence-corrected chi connectivity index (χ3v) is 4.50. The smallest absolute Gasteiger partial charge is 0.321 e. The van der Waals surface area contributed by atoms with E-state index in [1.54, 1.807) is 6.92 Å². The first-order valence-electron chi connectivity index (χ1n) is 5.51. The zero-order valence-corrected chi connectivity index (χ0v) is 11.6. The van der Waals surface area contributed by atoms with Crippen LogP contribution in [-0.4, -0.2) is 55.7 Å². The lowest BCUT2D eigenvalue weighted by Gasteiger charge is -2.22. The minimum Gasteiger partial charge on any atom is -0.480 e. The number of aliphatic carboxylic acids is 1. The molecular formula is C10H19NO6S. The average Bonchev–Trinajstić information content (AvgIpc) is 2.28. The molecule has 0 aromatic carbocycles. The second-order valence-corrected chi connectivity index (χ2v) is 5.92. The van der Waals surface area contributed by atoms with Gasteiger partial charge in [-0.2, -0.15) is 4.31 Å². The molecule has 7 nitrogen and oxygen atoms in total. The Morgan fingerprint density at radius 3 is 2.33 bits per heavy atom. The largest absolute Gasteiger partial charge is 0.480 e. The summed E-state index contributed by atoms with van der Waals surface area (Å²) in [4.78, 5) is 21.7. The van der Waals surface area contributed by atoms with Crippen molar-refractivity contribution in [2.45, 2.75) is 32.2 Å². The van der Waals surface area contributed by atoms with Crippen molar-refractivity contribution in [3.8, 4) is 0 Å². The molecule has 0 aromatic heterocycles. The second kappa shape index (κ2) is 7.32. The lowest BCUT2D eigenvalue weighted by Crippen LogP contribution is -2.43. The number of hydrogen-bond donors (Lipinski definition) is 1. The van der Waals surface area contributed by atoms with Gasteiger partial charge < -0.3 is 9.84 Å². The molecule has 0 radical (unpaired) electrons. The molecule has 106 valence electrons. The highest BCUT2D eigenvalue weighted by Crippen LogP contribution is 2.10. The predicted molar refractivity (Wildman–Crippen MR) is 64.5 cm³/mol. The SMILES string of the molecule is CCC(C(=O)O)N(C)S(=O)(=O)CCCC(=O)OC. The number of ether oxygens (including phenoxy) is 1. The molecule has 1 atom stereocenters. The van der Waals surface area contributed by atoms with Crippen molar-refractivity contribution in [1.29, 1.82) is 0 Å². The zero-order chi connectivity index (χ0) is 14.3. The van der Waals surface area contributed by atoms with Gasteiger partial charge in [0.15, 0.2) is 0 Å². The minimum atomic E-state index is -3.68. The first-order chi connectivity index (χ1) is 8.26. The Morgan fingerprint density at radius 2 is 1.94 bits per heavy atom. The van der Waals surface area contributed by atoms with E-state index in [0.29, 0.717) is 0 Å². The molecule has 0 rings (SSSR count). The Balaban J connectivity index is 4.53. The highest BCUT2D eigenvalue weighted by molar-refractivity contribution is 7.89. The van der Waals surface area contributed by atoms with Crippen LogP contribution >= 0.6 is 0 Å². The number of likely N-dealkylation sites (N-methyl/N-ethyl adjacent to an activating group) is 1. The van der Waals surface area contributed by atoms with Gasteiger partial charge in [-0.3, -0.25) is 9.59 Å². The van der Waals surface area contributed by atoms with Gasteiger partial charge in [-0.25, -0.2) is 8.42 Å². The van der Waals surface area contributed by atoms with Gasteiger partial charge in [0.05, 0.1) is 12.9 Å². The highest BCUT2D eigenvalue weighted by atomic mass is 32.2. The summed E-state index contributed by atoms with van der Waals surface area (Å²) in [5.74, 6) is -1.95. The molecule has 0 aliphatic carbocycles. The monoisotopic (exact) mass is 281 g/mol. The van der Waals surface area contributed by atoms with Crippen LogP contribution in [0.1, 0.15) is 26.2 Å². The van der Waals surface area contributed by atoms with Gasteiger partial charge in [-0.15, -0.1) is 0 Å². The van der Waals surface area contributed by atoms with E-state index in [-0.39, 0.29) is 25.0 Å². The molecule has 0 bridgehead atoms. The summed E-state index contributed by atoms with van der Waals surface area (Å²) < 4.78 is 28.9. The van der Waals surface area contributed by atoms with Gasteiger partial charge >= 0.3 is 11.9 Å². The third-order valence-electron chi connectivity index (χ3n) is 2.56. The fourth-order valence-corrected chi connectivity index (χ4v) is 2.85. The summed E-state index contributed by atoms with van der Waals surface area (Å²) >= 11 is 0. The molecule has 0 fully saturated rings. The first kappa shape index (κ1) is 16.9. The fourth-order valence-electron chi connectivity index (χ4n) is 1.43. The number of sulfonamides is 1. The number of hydrogen-bond acceptors (Lipinski definition) is 5. The summed E-state index contributed by atoms with van der Waals surface area (Å²) in [5.41, 5.74) is 0. The molecule has 0 aliphatic heterocycles. The summed E-state index contributed by atoms with van der Waals surface area (Å²) in [5, 5.41) is 8.88. The van der Waals surface area contributed by atoms with Gasteiger partial charge in [0.2, 0.25) is 10.0 Å². The second-order valence-electron chi connectivity index (χ2n) is 3.77. The van der Waals surface area contributed by atoms with Crippen molar-refractivity contribution in [3.05, 3.63) is 0 Å². The predicted octanol–water partition coefficient (Wildman–Crippen LogP) is 0.0644. The van der Waals surface area contributed by atoms with Crippen LogP contribution < -0.4 is 0 Å². The van der Waals surface area contributed by atoms with E-state index in [9.17, 15) is 18.0 Å². The quantitative estimate of drug-likeness (QED) is 0.631. The molecule has 1 unspecified atom stereocenters. The van der Waals surface area contributed by atoms with Crippen LogP contribution in [0.4, 0.5) is 0 Å². The maximum atomic E-state index is 11.8. The molecule has 0 spiro atoms. The van der Waals surface area contributed by atoms with Gasteiger partial charge in [0.25, 0.3) is 0 Å². The van der Waals surface area contributed by atoms with Crippen molar-refractivity contribution in [2.24, 2.45) is 0 Å². The van der Waals surface area contributed by atoms with Crippen molar-refractivity contribution in [2.75, 3.05) is 19.9 Å². The Morgan fingerprint density at radius 1 is 1.39 bits per heavy atom. The van der Waals surface area contributed by atoms with Crippen LogP contribution in [0.25, 0.3) is 0 Å². The molecular weight excluding hydrogens is 262 g/mol. The van der Waals surface area contributed by atoms with Crippen LogP contribution in [0, 0.1) is 0 Å². The van der Waals surface area contributed by atoms with E-state index >= 15 is 0 Å². The van der Waals surface area contributed by atoms with Crippen molar-refractivity contribution < 1.29 is 27.9 Å². The van der Waals surface area contributed by atoms with E-state index in [2.05, 4.69) is 4.74 Å². The third kappa shape index (κ3) is 5.01. The summed E-state index contributed by atoms with van der Waals surface area (Å²) in [6.07, 6.45) is 0.283. The molecule has 0 aliphatic rings. The van der Waals surface area contributed by atoms with Crippen molar-refractivity contribution >= 4 is 22.0 Å². The minimum absolute atomic E-state index is 0.00651. The first-order valence-corrected chi connectivity index (χ1v) is 7.12. The van der Waals surface area contributed by atoms with Crippen LogP contribution in [0.5, 0.6) is 0 Å². The number of carbonyl (C=O) groups is 2. The Bertz CT molecular complexity index is 391. The number of methoxy groups -OCH3 is 1. The van der Waals surface area contributed by atoms with E-state index in [1.807, 2.05) is 0 Å². The molecule has 1 N–H and O–H groups in total. The highest BCUT2D eigenvalue weighted by Gasteiger charge is 2.29. The Kier molecular flexibility index (Phi) is 6.85. The number of carbonyl (C=O) groups excluding carboxylic acids is 1. The number of rotatable bonds is 8. The molecule has 8 heteroatoms. The summed E-state index contributed by atoms with van der Waals surface area (Å²) in [6, 6.07) is -1.08. The Labute approximate surface area is 107 Å². The van der Waals surface area contributed by atoms with Gasteiger partial charge in [-0.1, -0.05) is 6.92 Å². The average molecular weight is 281 g/mol. The summed E-state index contributed by atoms with van der Waals surface area (Å²) in [6.45, 7) is 1.60. The molecule has 0 amide bonds. The van der Waals surface area contributed by atoms with Crippen molar-refractivity contribution in [1.82, 2.24) is 4.31 Å². The molecule has 0 saturated carbocycles. The Hall–Kier alpha value is -1.15. The van der Waals surface area contributed by atoms with Gasteiger partial charge in [0.1, 0.15) is 6.04 Å². The molecule has 0 heterocycles. The maximum Gasteiger partial charge on any atom is 0.321 e. The van der Waals surface area contributed by atoms with Crippen LogP contribution in [0.15, 0.2) is 0 Å². The summed E-state index contributed by atoms with van der Waals surface area (Å²) in [7, 11) is -1.22. The maximum absolute atomic E-state index is 11.8. The standard InChI is InChI=1S/C10H19NO6S/c1-4-8(10(13)14)11(2)18(15,16)7-5-6-9(12)17-3/h8H,4-7H2,1-3H3,(H,13,14). The van der Waals surface area contributed by atoms with E-state index in [0.717, 1.165) is 4.31 Å². The normalized spacial score (nSPS) is 13.3. The van der Waals surface area contributed by atoms with Crippen LogP contribution in [0.3, 0.4) is 0 Å². The topological polar surface area (TPSA) is 101 Å².